The zero-order valence-electron chi connectivity index (χ0n) is 20.5. The van der Waals surface area contributed by atoms with Crippen LogP contribution in [-0.4, -0.2) is 33.0 Å². The third kappa shape index (κ3) is 3.76. The standard InChI is InChI=1S/C29H24N2O5S/c1-14-10-15(2)24-22(11-14)37-29(30-24)31-25(17-4-7-20(32)8-5-17)23(27(34)28(31)35)26(33)18-6-9-21-19(13-18)12-16(3)36-21/h4-11,13,16,25,32-33H,12H2,1-3H3/b26-23+/t16-,25+/m0/s1. The lowest BCUT2D eigenvalue weighted by Gasteiger charge is -2.23. The maximum atomic E-state index is 13.5. The van der Waals surface area contributed by atoms with E-state index in [0.29, 0.717) is 22.7 Å². The first-order valence-corrected chi connectivity index (χ1v) is 12.8. The summed E-state index contributed by atoms with van der Waals surface area (Å²) in [5.41, 5.74) is 4.75. The lowest BCUT2D eigenvalue weighted by molar-refractivity contribution is -0.132. The summed E-state index contributed by atoms with van der Waals surface area (Å²) in [4.78, 5) is 33.1. The molecular formula is C29H24N2O5S. The molecule has 4 aromatic rings. The molecule has 1 aromatic heterocycles. The van der Waals surface area contributed by atoms with Crippen molar-refractivity contribution in [3.05, 3.63) is 88.0 Å². The number of aliphatic hydroxyl groups is 1. The second-order valence-electron chi connectivity index (χ2n) is 9.64. The number of aromatic hydroxyl groups is 1. The fraction of sp³-hybridized carbons (Fsp3) is 0.207. The number of Topliss-reactive ketones (excluding diaryl/α,β-unsaturated/α-hetero) is 1. The number of fused-ring (bicyclic) bond motifs is 2. The van der Waals surface area contributed by atoms with E-state index in [-0.39, 0.29) is 23.2 Å². The molecule has 0 saturated carbocycles. The molecule has 0 spiro atoms. The number of amides is 1. The van der Waals surface area contributed by atoms with Gasteiger partial charge >= 0.3 is 5.91 Å². The molecule has 3 heterocycles. The largest absolute Gasteiger partial charge is 0.508 e. The molecule has 0 aliphatic carbocycles. The van der Waals surface area contributed by atoms with Gasteiger partial charge in [-0.2, -0.15) is 0 Å². The molecule has 1 saturated heterocycles. The fourth-order valence-electron chi connectivity index (χ4n) is 5.19. The molecule has 6 rings (SSSR count). The van der Waals surface area contributed by atoms with Gasteiger partial charge in [0.05, 0.1) is 21.8 Å². The van der Waals surface area contributed by atoms with E-state index in [2.05, 4.69) is 0 Å². The van der Waals surface area contributed by atoms with E-state index in [9.17, 15) is 19.8 Å². The molecule has 7 nitrogen and oxygen atoms in total. The van der Waals surface area contributed by atoms with Gasteiger partial charge in [-0.05, 0) is 79.4 Å². The Morgan fingerprint density at radius 1 is 1.08 bits per heavy atom. The van der Waals surface area contributed by atoms with Crippen molar-refractivity contribution in [2.75, 3.05) is 4.90 Å². The molecule has 186 valence electrons. The van der Waals surface area contributed by atoms with Gasteiger partial charge < -0.3 is 14.9 Å². The Hall–Kier alpha value is -4.17. The molecule has 2 N–H and O–H groups in total. The van der Waals surface area contributed by atoms with Gasteiger partial charge in [0.2, 0.25) is 0 Å². The molecule has 37 heavy (non-hydrogen) atoms. The lowest BCUT2D eigenvalue weighted by Crippen LogP contribution is -2.29. The summed E-state index contributed by atoms with van der Waals surface area (Å²) in [5.74, 6) is -0.993. The number of hydrogen-bond donors (Lipinski definition) is 2. The van der Waals surface area contributed by atoms with Crippen molar-refractivity contribution in [3.8, 4) is 11.5 Å². The third-order valence-electron chi connectivity index (χ3n) is 6.85. The molecule has 2 aliphatic rings. The minimum absolute atomic E-state index is 0.0187. The zero-order chi connectivity index (χ0) is 26.0. The first-order chi connectivity index (χ1) is 17.7. The highest BCUT2D eigenvalue weighted by atomic mass is 32.1. The number of aliphatic hydroxyl groups excluding tert-OH is 1. The van der Waals surface area contributed by atoms with Gasteiger partial charge in [0.25, 0.3) is 5.78 Å². The molecule has 1 fully saturated rings. The predicted octanol–water partition coefficient (Wildman–Crippen LogP) is 5.57. The highest BCUT2D eigenvalue weighted by molar-refractivity contribution is 7.22. The Balaban J connectivity index is 1.54. The van der Waals surface area contributed by atoms with E-state index in [1.165, 1.54) is 28.4 Å². The van der Waals surface area contributed by atoms with Crippen molar-refractivity contribution in [2.45, 2.75) is 39.3 Å². The number of carbonyl (C=O) groups excluding carboxylic acids is 2. The molecule has 0 radical (unpaired) electrons. The van der Waals surface area contributed by atoms with Crippen LogP contribution in [-0.2, 0) is 16.0 Å². The summed E-state index contributed by atoms with van der Waals surface area (Å²) in [5, 5.41) is 21.7. The van der Waals surface area contributed by atoms with Crippen LogP contribution < -0.4 is 9.64 Å². The van der Waals surface area contributed by atoms with E-state index in [0.717, 1.165) is 32.7 Å². The molecule has 8 heteroatoms. The average Bonchev–Trinajstić information content (AvgIpc) is 3.52. The summed E-state index contributed by atoms with van der Waals surface area (Å²) in [7, 11) is 0. The first-order valence-electron chi connectivity index (χ1n) is 12.0. The number of ether oxygens (including phenoxy) is 1. The Bertz CT molecular complexity index is 1640. The van der Waals surface area contributed by atoms with E-state index in [1.54, 1.807) is 30.3 Å². The lowest BCUT2D eigenvalue weighted by atomic mass is 9.94. The van der Waals surface area contributed by atoms with Crippen molar-refractivity contribution in [3.63, 3.8) is 0 Å². The van der Waals surface area contributed by atoms with E-state index in [4.69, 9.17) is 9.72 Å². The highest BCUT2D eigenvalue weighted by Gasteiger charge is 2.48. The van der Waals surface area contributed by atoms with Gasteiger partial charge in [0.15, 0.2) is 5.13 Å². The summed E-state index contributed by atoms with van der Waals surface area (Å²) < 4.78 is 6.68. The smallest absolute Gasteiger partial charge is 0.301 e. The number of aromatic nitrogens is 1. The third-order valence-corrected chi connectivity index (χ3v) is 7.85. The number of benzene rings is 3. The van der Waals surface area contributed by atoms with Crippen molar-refractivity contribution in [2.24, 2.45) is 0 Å². The van der Waals surface area contributed by atoms with Crippen LogP contribution in [0.4, 0.5) is 5.13 Å². The maximum absolute atomic E-state index is 13.5. The Labute approximate surface area is 217 Å². The molecular weight excluding hydrogens is 488 g/mol. The van der Waals surface area contributed by atoms with E-state index >= 15 is 0 Å². The van der Waals surface area contributed by atoms with Crippen molar-refractivity contribution < 1.29 is 24.5 Å². The van der Waals surface area contributed by atoms with Gasteiger partial charge in [-0.3, -0.25) is 14.5 Å². The zero-order valence-corrected chi connectivity index (χ0v) is 21.3. The first kappa shape index (κ1) is 23.2. The molecule has 0 bridgehead atoms. The molecule has 3 aromatic carbocycles. The van der Waals surface area contributed by atoms with Gasteiger partial charge in [-0.25, -0.2) is 4.98 Å². The number of thiazole rings is 1. The van der Waals surface area contributed by atoms with Crippen LogP contribution in [0.2, 0.25) is 0 Å². The normalized spacial score (nSPS) is 20.5. The number of phenolic OH excluding ortho intramolecular Hbond substituents is 1. The second kappa shape index (κ2) is 8.45. The molecule has 2 aliphatic heterocycles. The van der Waals surface area contributed by atoms with E-state index in [1.807, 2.05) is 32.9 Å². The monoisotopic (exact) mass is 512 g/mol. The van der Waals surface area contributed by atoms with Crippen LogP contribution >= 0.6 is 11.3 Å². The number of phenols is 1. The number of aryl methyl sites for hydroxylation is 2. The van der Waals surface area contributed by atoms with Crippen LogP contribution in [0, 0.1) is 13.8 Å². The molecule has 1 amide bonds. The summed E-state index contributed by atoms with van der Waals surface area (Å²) in [6.07, 6.45) is 0.720. The average molecular weight is 513 g/mol. The van der Waals surface area contributed by atoms with Crippen LogP contribution in [0.1, 0.15) is 40.8 Å². The topological polar surface area (TPSA) is 100.0 Å². The Morgan fingerprint density at radius 3 is 2.59 bits per heavy atom. The van der Waals surface area contributed by atoms with Gasteiger partial charge in [0.1, 0.15) is 23.4 Å². The van der Waals surface area contributed by atoms with E-state index < -0.39 is 17.7 Å². The van der Waals surface area contributed by atoms with Crippen LogP contribution in [0.3, 0.4) is 0 Å². The Kier molecular flexibility index (Phi) is 5.31. The Morgan fingerprint density at radius 2 is 1.84 bits per heavy atom. The van der Waals surface area contributed by atoms with Crippen LogP contribution in [0.15, 0.2) is 60.2 Å². The summed E-state index contributed by atoms with van der Waals surface area (Å²) in [6, 6.07) is 14.7. The predicted molar refractivity (Wildman–Crippen MR) is 142 cm³/mol. The van der Waals surface area contributed by atoms with Gasteiger partial charge in [-0.1, -0.05) is 29.5 Å². The van der Waals surface area contributed by atoms with Gasteiger partial charge in [-0.15, -0.1) is 0 Å². The minimum Gasteiger partial charge on any atom is -0.508 e. The van der Waals surface area contributed by atoms with Crippen LogP contribution in [0.5, 0.6) is 11.5 Å². The maximum Gasteiger partial charge on any atom is 0.301 e. The van der Waals surface area contributed by atoms with Crippen molar-refractivity contribution in [1.29, 1.82) is 0 Å². The number of nitrogens with zero attached hydrogens (tertiary/aromatic N) is 2. The van der Waals surface area contributed by atoms with Crippen molar-refractivity contribution >= 4 is 44.1 Å². The summed E-state index contributed by atoms with van der Waals surface area (Å²) in [6.45, 7) is 5.93. The number of anilines is 1. The van der Waals surface area contributed by atoms with Gasteiger partial charge in [0, 0.05) is 12.0 Å². The second-order valence-corrected chi connectivity index (χ2v) is 10.6. The minimum atomic E-state index is -0.911. The number of rotatable bonds is 3. The summed E-state index contributed by atoms with van der Waals surface area (Å²) >= 11 is 1.33. The van der Waals surface area contributed by atoms with Crippen LogP contribution in [0.25, 0.3) is 16.0 Å². The number of hydrogen-bond acceptors (Lipinski definition) is 7. The SMILES string of the molecule is Cc1cc(C)c2nc(N3C(=O)C(=O)/C(=C(/O)c4ccc5c(c4)C[C@H](C)O5)[C@H]3c3ccc(O)cc3)sc2c1. The highest BCUT2D eigenvalue weighted by Crippen LogP contribution is 2.45. The molecule has 0 unspecified atom stereocenters. The number of carbonyl (C=O) groups is 2. The number of ketones is 1. The quantitative estimate of drug-likeness (QED) is 0.212. The van der Waals surface area contributed by atoms with Crippen molar-refractivity contribution in [1.82, 2.24) is 4.98 Å². The fourth-order valence-corrected chi connectivity index (χ4v) is 6.36. The molecule has 2 atom stereocenters.